The Morgan fingerprint density at radius 2 is 2.06 bits per heavy atom. The van der Waals surface area contributed by atoms with Gasteiger partial charge in [0.15, 0.2) is 0 Å². The van der Waals surface area contributed by atoms with Crippen molar-refractivity contribution in [3.05, 3.63) is 53.6 Å². The van der Waals surface area contributed by atoms with Gasteiger partial charge in [-0.25, -0.2) is 4.99 Å². The predicted molar refractivity (Wildman–Crippen MR) is 117 cm³/mol. The minimum absolute atomic E-state index is 0.0418. The smallest absolute Gasteiger partial charge is 0.246 e. The molecule has 1 saturated heterocycles. The number of hydrogen-bond acceptors (Lipinski definition) is 6. The van der Waals surface area contributed by atoms with Crippen LogP contribution in [0.5, 0.6) is 5.75 Å². The van der Waals surface area contributed by atoms with Crippen LogP contribution in [0.4, 0.5) is 11.4 Å². The third-order valence-corrected chi connectivity index (χ3v) is 6.03. The highest BCUT2D eigenvalue weighted by Gasteiger charge is 2.30. The Balaban J connectivity index is 1.25. The zero-order valence-corrected chi connectivity index (χ0v) is 17.2. The number of nitrogens with one attached hydrogen (secondary N) is 1. The minimum Gasteiger partial charge on any atom is -0.493 e. The molecule has 3 aliphatic rings. The summed E-state index contributed by atoms with van der Waals surface area (Å²) in [5.74, 6) is 0.953. The standard InChI is InChI=1S/C23H25N5O3/c24-22(30)20(28-10-3-5-15-4-1-2-6-19(15)28)9-11-31-17-7-8-18-16(12-17)13-27-14-21(29)26-23(27)25-18/h1-2,4,6-8,12,20H,3,5,9-11,13-14H2,(H2,24,30)(H,25,26,29). The van der Waals surface area contributed by atoms with Gasteiger partial charge in [0, 0.05) is 30.8 Å². The van der Waals surface area contributed by atoms with E-state index in [9.17, 15) is 9.59 Å². The van der Waals surface area contributed by atoms with Crippen molar-refractivity contribution in [2.24, 2.45) is 10.7 Å². The van der Waals surface area contributed by atoms with Gasteiger partial charge in [-0.1, -0.05) is 18.2 Å². The lowest BCUT2D eigenvalue weighted by molar-refractivity contribution is -0.120. The van der Waals surface area contributed by atoms with Crippen LogP contribution in [0.25, 0.3) is 0 Å². The van der Waals surface area contributed by atoms with Gasteiger partial charge in [-0.15, -0.1) is 0 Å². The zero-order valence-electron chi connectivity index (χ0n) is 17.2. The SMILES string of the molecule is NC(=O)C(CCOc1ccc2c(c1)CN1CC(=O)NC1=N2)N1CCCc2ccccc21. The Labute approximate surface area is 180 Å². The molecule has 0 saturated carbocycles. The number of amides is 2. The number of aliphatic imine (C=N–C) groups is 1. The van der Waals surface area contributed by atoms with Gasteiger partial charge in [-0.3, -0.25) is 14.9 Å². The lowest BCUT2D eigenvalue weighted by Crippen LogP contribution is -2.48. The third-order valence-electron chi connectivity index (χ3n) is 6.03. The number of nitrogens with two attached hydrogens (primary N) is 1. The molecule has 3 N–H and O–H groups in total. The molecule has 0 spiro atoms. The van der Waals surface area contributed by atoms with Crippen molar-refractivity contribution in [2.75, 3.05) is 24.6 Å². The summed E-state index contributed by atoms with van der Waals surface area (Å²) in [7, 11) is 0. The summed E-state index contributed by atoms with van der Waals surface area (Å²) >= 11 is 0. The summed E-state index contributed by atoms with van der Waals surface area (Å²) in [4.78, 5) is 32.4. The number of rotatable bonds is 6. The van der Waals surface area contributed by atoms with E-state index >= 15 is 0 Å². The first-order valence-corrected chi connectivity index (χ1v) is 10.6. The summed E-state index contributed by atoms with van der Waals surface area (Å²) in [6.45, 7) is 2.12. The summed E-state index contributed by atoms with van der Waals surface area (Å²) < 4.78 is 5.98. The van der Waals surface area contributed by atoms with Crippen molar-refractivity contribution in [3.8, 4) is 5.75 Å². The fourth-order valence-electron chi connectivity index (χ4n) is 4.55. The molecule has 2 amide bonds. The van der Waals surface area contributed by atoms with Crippen molar-refractivity contribution in [3.63, 3.8) is 0 Å². The first kappa shape index (κ1) is 19.4. The van der Waals surface area contributed by atoms with Crippen LogP contribution in [-0.4, -0.2) is 48.4 Å². The molecule has 1 unspecified atom stereocenters. The van der Waals surface area contributed by atoms with Gasteiger partial charge in [0.05, 0.1) is 12.3 Å². The van der Waals surface area contributed by atoms with Crippen LogP contribution < -0.4 is 20.7 Å². The summed E-state index contributed by atoms with van der Waals surface area (Å²) in [5, 5.41) is 2.76. The average molecular weight is 419 g/mol. The molecular weight excluding hydrogens is 394 g/mol. The molecule has 31 heavy (non-hydrogen) atoms. The Bertz CT molecular complexity index is 1070. The number of hydrogen-bond donors (Lipinski definition) is 2. The highest BCUT2D eigenvalue weighted by Crippen LogP contribution is 2.31. The second kappa shape index (κ2) is 7.94. The molecular formula is C23H25N5O3. The second-order valence-corrected chi connectivity index (χ2v) is 8.11. The molecule has 0 aliphatic carbocycles. The second-order valence-electron chi connectivity index (χ2n) is 8.11. The molecule has 3 aliphatic heterocycles. The van der Waals surface area contributed by atoms with E-state index < -0.39 is 6.04 Å². The molecule has 8 heteroatoms. The van der Waals surface area contributed by atoms with E-state index in [1.54, 1.807) is 0 Å². The van der Waals surface area contributed by atoms with Crippen LogP contribution in [0.3, 0.4) is 0 Å². The average Bonchev–Trinajstić information content (AvgIpc) is 3.13. The first-order valence-electron chi connectivity index (χ1n) is 10.6. The molecule has 0 radical (unpaired) electrons. The number of anilines is 1. The fourth-order valence-corrected chi connectivity index (χ4v) is 4.55. The summed E-state index contributed by atoms with van der Waals surface area (Å²) in [6, 6.07) is 13.5. The lowest BCUT2D eigenvalue weighted by atomic mass is 9.99. The number of benzene rings is 2. The number of aryl methyl sites for hydroxylation is 1. The Hall–Kier alpha value is -3.55. The topological polar surface area (TPSA) is 100 Å². The Morgan fingerprint density at radius 3 is 2.94 bits per heavy atom. The minimum atomic E-state index is -0.409. The molecule has 3 heterocycles. The third kappa shape index (κ3) is 3.81. The molecule has 0 aromatic heterocycles. The quantitative estimate of drug-likeness (QED) is 0.742. The van der Waals surface area contributed by atoms with E-state index in [2.05, 4.69) is 27.3 Å². The normalized spacial score (nSPS) is 17.8. The van der Waals surface area contributed by atoms with Crippen LogP contribution >= 0.6 is 0 Å². The van der Waals surface area contributed by atoms with Crippen molar-refractivity contribution in [1.29, 1.82) is 0 Å². The highest BCUT2D eigenvalue weighted by atomic mass is 16.5. The van der Waals surface area contributed by atoms with Crippen molar-refractivity contribution in [2.45, 2.75) is 31.8 Å². The number of para-hydroxylation sites is 1. The molecule has 2 aromatic carbocycles. The summed E-state index contributed by atoms with van der Waals surface area (Å²) in [6.07, 6.45) is 2.53. The van der Waals surface area contributed by atoms with Crippen LogP contribution in [0.1, 0.15) is 24.0 Å². The van der Waals surface area contributed by atoms with Gasteiger partial charge in [-0.2, -0.15) is 0 Å². The Kier molecular flexibility index (Phi) is 4.97. The maximum atomic E-state index is 12.2. The van der Waals surface area contributed by atoms with Crippen LogP contribution in [-0.2, 0) is 22.6 Å². The van der Waals surface area contributed by atoms with Gasteiger partial charge in [0.1, 0.15) is 18.3 Å². The Morgan fingerprint density at radius 1 is 1.19 bits per heavy atom. The predicted octanol–water partition coefficient (Wildman–Crippen LogP) is 1.70. The molecule has 2 aromatic rings. The van der Waals surface area contributed by atoms with E-state index in [1.165, 1.54) is 5.56 Å². The molecule has 8 nitrogen and oxygen atoms in total. The van der Waals surface area contributed by atoms with E-state index in [1.807, 2.05) is 35.2 Å². The molecule has 1 fully saturated rings. The summed E-state index contributed by atoms with van der Waals surface area (Å²) in [5.41, 5.74) is 9.96. The van der Waals surface area contributed by atoms with E-state index in [4.69, 9.17) is 10.5 Å². The van der Waals surface area contributed by atoms with Crippen LogP contribution in [0.15, 0.2) is 47.5 Å². The first-order chi connectivity index (χ1) is 15.1. The number of carbonyl (C=O) groups excluding carboxylic acids is 2. The van der Waals surface area contributed by atoms with E-state index in [-0.39, 0.29) is 11.8 Å². The maximum absolute atomic E-state index is 12.2. The van der Waals surface area contributed by atoms with Gasteiger partial charge >= 0.3 is 0 Å². The lowest BCUT2D eigenvalue weighted by Gasteiger charge is -2.36. The van der Waals surface area contributed by atoms with Gasteiger partial charge < -0.3 is 20.3 Å². The van der Waals surface area contributed by atoms with Gasteiger partial charge in [-0.05, 0) is 42.7 Å². The largest absolute Gasteiger partial charge is 0.493 e. The molecule has 5 rings (SSSR count). The monoisotopic (exact) mass is 419 g/mol. The number of nitrogens with zero attached hydrogens (tertiary/aromatic N) is 3. The number of fused-ring (bicyclic) bond motifs is 3. The van der Waals surface area contributed by atoms with Crippen molar-refractivity contribution < 1.29 is 14.3 Å². The van der Waals surface area contributed by atoms with Crippen molar-refractivity contribution in [1.82, 2.24) is 10.2 Å². The molecule has 160 valence electrons. The van der Waals surface area contributed by atoms with Crippen LogP contribution in [0, 0.1) is 0 Å². The van der Waals surface area contributed by atoms with E-state index in [0.717, 1.165) is 42.1 Å². The van der Waals surface area contributed by atoms with Gasteiger partial charge in [0.25, 0.3) is 0 Å². The molecule has 1 atom stereocenters. The number of guanidine groups is 1. The number of ether oxygens (including phenoxy) is 1. The highest BCUT2D eigenvalue weighted by molar-refractivity contribution is 6.05. The van der Waals surface area contributed by atoms with Crippen LogP contribution in [0.2, 0.25) is 0 Å². The number of primary amides is 1. The van der Waals surface area contributed by atoms with Gasteiger partial charge in [0.2, 0.25) is 17.8 Å². The van der Waals surface area contributed by atoms with E-state index in [0.29, 0.717) is 32.1 Å². The maximum Gasteiger partial charge on any atom is 0.246 e. The molecule has 0 bridgehead atoms. The van der Waals surface area contributed by atoms with Crippen molar-refractivity contribution >= 4 is 29.1 Å². The fraction of sp³-hybridized carbons (Fsp3) is 0.348. The number of carbonyl (C=O) groups is 2. The zero-order chi connectivity index (χ0) is 21.4.